The van der Waals surface area contributed by atoms with E-state index >= 15 is 0 Å². The highest BCUT2D eigenvalue weighted by Crippen LogP contribution is 2.18. The van der Waals surface area contributed by atoms with E-state index in [2.05, 4.69) is 17.1 Å². The number of unbranched alkanes of at least 4 members (excludes halogenated alkanes) is 2. The summed E-state index contributed by atoms with van der Waals surface area (Å²) in [4.78, 5) is 14.2. The lowest BCUT2D eigenvalue weighted by molar-refractivity contribution is -0.127. The minimum atomic E-state index is -0.207. The number of hydrogen-bond donors (Lipinski definition) is 2. The first kappa shape index (κ1) is 15.4. The Labute approximate surface area is 111 Å². The molecule has 0 aromatic heterocycles. The first-order chi connectivity index (χ1) is 8.56. The number of nitrogens with one attached hydrogen (secondary N) is 1. The molecule has 4 heteroatoms. The van der Waals surface area contributed by atoms with Crippen LogP contribution in [0.2, 0.25) is 0 Å². The molecule has 0 spiro atoms. The van der Waals surface area contributed by atoms with Crippen LogP contribution >= 0.6 is 0 Å². The molecule has 1 aliphatic rings. The largest absolute Gasteiger partial charge is 0.393 e. The highest BCUT2D eigenvalue weighted by molar-refractivity contribution is 5.81. The average Bonchev–Trinajstić information content (AvgIpc) is 2.37. The van der Waals surface area contributed by atoms with Gasteiger partial charge in [0.15, 0.2) is 0 Å². The van der Waals surface area contributed by atoms with Crippen molar-refractivity contribution < 1.29 is 9.90 Å². The molecule has 1 heterocycles. The highest BCUT2D eigenvalue weighted by Gasteiger charge is 2.29. The molecule has 1 fully saturated rings. The van der Waals surface area contributed by atoms with Gasteiger partial charge in [-0.2, -0.15) is 0 Å². The summed E-state index contributed by atoms with van der Waals surface area (Å²) in [6.07, 6.45) is 3.97. The summed E-state index contributed by atoms with van der Waals surface area (Å²) >= 11 is 0. The zero-order valence-electron chi connectivity index (χ0n) is 12.0. The van der Waals surface area contributed by atoms with Gasteiger partial charge in [0.1, 0.15) is 0 Å². The van der Waals surface area contributed by atoms with E-state index in [-0.39, 0.29) is 24.0 Å². The van der Waals surface area contributed by atoms with Gasteiger partial charge in [-0.1, -0.05) is 26.7 Å². The Morgan fingerprint density at radius 3 is 2.83 bits per heavy atom. The third-order valence-electron chi connectivity index (χ3n) is 3.90. The number of carbonyl (C=O) groups excluding carboxylic acids is 1. The summed E-state index contributed by atoms with van der Waals surface area (Å²) in [6, 6.07) is -0.0819. The molecule has 0 saturated carbocycles. The monoisotopic (exact) mass is 256 g/mol. The second-order valence-corrected chi connectivity index (χ2v) is 5.50. The predicted octanol–water partition coefficient (Wildman–Crippen LogP) is 1.38. The topological polar surface area (TPSA) is 52.6 Å². The van der Waals surface area contributed by atoms with E-state index < -0.39 is 0 Å². The lowest BCUT2D eigenvalue weighted by Gasteiger charge is -2.37. The van der Waals surface area contributed by atoms with Crippen LogP contribution in [0.4, 0.5) is 0 Å². The van der Waals surface area contributed by atoms with Crippen LogP contribution in [0.15, 0.2) is 0 Å². The molecule has 0 aliphatic carbocycles. The molecule has 0 radical (unpaired) electrons. The molecule has 0 bridgehead atoms. The van der Waals surface area contributed by atoms with Gasteiger partial charge in [-0.05, 0) is 25.7 Å². The maximum absolute atomic E-state index is 12.0. The molecule has 4 nitrogen and oxygen atoms in total. The average molecular weight is 256 g/mol. The number of likely N-dealkylation sites (tertiary alicyclic amines) is 1. The fourth-order valence-corrected chi connectivity index (χ4v) is 2.42. The van der Waals surface area contributed by atoms with E-state index in [9.17, 15) is 9.90 Å². The Morgan fingerprint density at radius 1 is 1.50 bits per heavy atom. The summed E-state index contributed by atoms with van der Waals surface area (Å²) in [6.45, 7) is 8.57. The van der Waals surface area contributed by atoms with Crippen molar-refractivity contribution in [2.45, 2.75) is 58.6 Å². The van der Waals surface area contributed by atoms with Crippen molar-refractivity contribution in [2.24, 2.45) is 5.92 Å². The van der Waals surface area contributed by atoms with Crippen LogP contribution in [-0.4, -0.2) is 47.7 Å². The molecular formula is C14H28N2O2. The molecule has 2 N–H and O–H groups in total. The van der Waals surface area contributed by atoms with Gasteiger partial charge in [0.25, 0.3) is 0 Å². The fraction of sp³-hybridized carbons (Fsp3) is 0.929. The number of amides is 1. The number of rotatable bonds is 6. The van der Waals surface area contributed by atoms with Gasteiger partial charge in [-0.15, -0.1) is 0 Å². The minimum Gasteiger partial charge on any atom is -0.393 e. The van der Waals surface area contributed by atoms with E-state index in [1.165, 1.54) is 12.8 Å². The highest BCUT2D eigenvalue weighted by atomic mass is 16.3. The Hall–Kier alpha value is -0.610. The molecule has 1 saturated heterocycles. The summed E-state index contributed by atoms with van der Waals surface area (Å²) in [5.41, 5.74) is 0. The molecule has 3 unspecified atom stereocenters. The summed E-state index contributed by atoms with van der Waals surface area (Å²) in [7, 11) is 0. The normalized spacial score (nSPS) is 26.9. The van der Waals surface area contributed by atoms with Crippen molar-refractivity contribution in [3.8, 4) is 0 Å². The zero-order chi connectivity index (χ0) is 13.5. The van der Waals surface area contributed by atoms with Crippen molar-refractivity contribution in [3.05, 3.63) is 0 Å². The lowest BCUT2D eigenvalue weighted by Crippen LogP contribution is -2.51. The molecule has 3 atom stereocenters. The van der Waals surface area contributed by atoms with E-state index in [0.29, 0.717) is 0 Å². The van der Waals surface area contributed by atoms with Crippen molar-refractivity contribution in [3.63, 3.8) is 0 Å². The SMILES string of the molecule is CCCCCNC(=O)C(C)N1CCC(O)C(C)C1. The molecule has 1 aliphatic heterocycles. The third kappa shape index (κ3) is 4.58. The number of nitrogens with zero attached hydrogens (tertiary/aromatic N) is 1. The quantitative estimate of drug-likeness (QED) is 0.706. The van der Waals surface area contributed by atoms with E-state index in [1.807, 2.05) is 13.8 Å². The first-order valence-corrected chi connectivity index (χ1v) is 7.26. The van der Waals surface area contributed by atoms with Crippen LogP contribution in [0.1, 0.15) is 46.5 Å². The van der Waals surface area contributed by atoms with Gasteiger partial charge in [0, 0.05) is 19.6 Å². The maximum Gasteiger partial charge on any atom is 0.237 e. The van der Waals surface area contributed by atoms with Crippen LogP contribution in [0.5, 0.6) is 0 Å². The van der Waals surface area contributed by atoms with Gasteiger partial charge in [0.05, 0.1) is 12.1 Å². The second kappa shape index (κ2) is 7.74. The summed E-state index contributed by atoms with van der Waals surface area (Å²) < 4.78 is 0. The van der Waals surface area contributed by atoms with Crippen molar-refractivity contribution >= 4 is 5.91 Å². The van der Waals surface area contributed by atoms with Crippen LogP contribution in [0.25, 0.3) is 0 Å². The van der Waals surface area contributed by atoms with Gasteiger partial charge < -0.3 is 10.4 Å². The van der Waals surface area contributed by atoms with Crippen LogP contribution in [-0.2, 0) is 4.79 Å². The van der Waals surface area contributed by atoms with E-state index in [1.54, 1.807) is 0 Å². The Bertz CT molecular complexity index is 258. The number of carbonyl (C=O) groups is 1. The Morgan fingerprint density at radius 2 is 2.22 bits per heavy atom. The number of hydrogen-bond acceptors (Lipinski definition) is 3. The van der Waals surface area contributed by atoms with Gasteiger partial charge in [-0.25, -0.2) is 0 Å². The smallest absolute Gasteiger partial charge is 0.237 e. The van der Waals surface area contributed by atoms with Crippen molar-refractivity contribution in [1.82, 2.24) is 10.2 Å². The fourth-order valence-electron chi connectivity index (χ4n) is 2.42. The van der Waals surface area contributed by atoms with Crippen LogP contribution < -0.4 is 5.32 Å². The zero-order valence-corrected chi connectivity index (χ0v) is 12.0. The van der Waals surface area contributed by atoms with E-state index in [4.69, 9.17) is 0 Å². The molecule has 106 valence electrons. The molecule has 1 amide bonds. The minimum absolute atomic E-state index is 0.0819. The summed E-state index contributed by atoms with van der Waals surface area (Å²) in [5.74, 6) is 0.379. The van der Waals surface area contributed by atoms with Gasteiger partial charge in [0.2, 0.25) is 5.91 Å². The Kier molecular flexibility index (Phi) is 6.65. The molecule has 0 aromatic rings. The maximum atomic E-state index is 12.0. The Balaban J connectivity index is 2.30. The summed E-state index contributed by atoms with van der Waals surface area (Å²) in [5, 5.41) is 12.7. The molecule has 18 heavy (non-hydrogen) atoms. The second-order valence-electron chi connectivity index (χ2n) is 5.50. The molecule has 1 rings (SSSR count). The number of aliphatic hydroxyl groups is 1. The van der Waals surface area contributed by atoms with Crippen LogP contribution in [0, 0.1) is 5.92 Å². The lowest BCUT2D eigenvalue weighted by atomic mass is 9.95. The predicted molar refractivity (Wildman–Crippen MR) is 73.4 cm³/mol. The molecular weight excluding hydrogens is 228 g/mol. The van der Waals surface area contributed by atoms with Gasteiger partial charge >= 0.3 is 0 Å². The number of aliphatic hydroxyl groups excluding tert-OH is 1. The van der Waals surface area contributed by atoms with Crippen LogP contribution in [0.3, 0.4) is 0 Å². The van der Waals surface area contributed by atoms with E-state index in [0.717, 1.165) is 32.5 Å². The molecule has 0 aromatic carbocycles. The van der Waals surface area contributed by atoms with Crippen molar-refractivity contribution in [1.29, 1.82) is 0 Å². The standard InChI is InChI=1S/C14H28N2O2/c1-4-5-6-8-15-14(18)12(3)16-9-7-13(17)11(2)10-16/h11-13,17H,4-10H2,1-3H3,(H,15,18). The van der Waals surface area contributed by atoms with Crippen molar-refractivity contribution in [2.75, 3.05) is 19.6 Å². The third-order valence-corrected chi connectivity index (χ3v) is 3.90. The number of piperidine rings is 1. The van der Waals surface area contributed by atoms with Gasteiger partial charge in [-0.3, -0.25) is 9.69 Å². The first-order valence-electron chi connectivity index (χ1n) is 7.26.